The lowest BCUT2D eigenvalue weighted by molar-refractivity contribution is -0.138. The highest BCUT2D eigenvalue weighted by atomic mass is 16.2. The number of carbonyl (C=O) groups is 2. The van der Waals surface area contributed by atoms with Crippen LogP contribution in [0.4, 0.5) is 0 Å². The molecule has 1 aliphatic carbocycles. The van der Waals surface area contributed by atoms with E-state index in [-0.39, 0.29) is 5.92 Å². The molecule has 3 rings (SSSR count). The molecule has 0 aromatic heterocycles. The molecule has 2 aliphatic heterocycles. The topological polar surface area (TPSA) is 43.9 Å². The molecule has 0 unspecified atom stereocenters. The minimum Gasteiger partial charge on any atom is -0.342 e. The summed E-state index contributed by atoms with van der Waals surface area (Å²) in [5.41, 5.74) is 0. The van der Waals surface area contributed by atoms with E-state index in [2.05, 4.69) is 23.6 Å². The average molecular weight is 448 g/mol. The molecule has 3 fully saturated rings. The number of hydrogen-bond acceptors (Lipinski definition) is 3. The molecule has 0 N–H and O–H groups in total. The summed E-state index contributed by atoms with van der Waals surface area (Å²) in [4.78, 5) is 31.8. The zero-order valence-corrected chi connectivity index (χ0v) is 21.4. The normalized spacial score (nSPS) is 26.2. The molecule has 0 bridgehead atoms. The first-order chi connectivity index (χ1) is 15.3. The van der Waals surface area contributed by atoms with Gasteiger partial charge in [0.25, 0.3) is 0 Å². The summed E-state index contributed by atoms with van der Waals surface area (Å²) in [6.45, 7) is 15.6. The van der Waals surface area contributed by atoms with Gasteiger partial charge in [0.2, 0.25) is 11.8 Å². The first kappa shape index (κ1) is 25.5. The molecule has 2 amide bonds. The quantitative estimate of drug-likeness (QED) is 0.508. The standard InChI is InChI=1S/C27H49N3O2/c1-21(2)24-8-10-25(11-9-24)27(32)29-15-12-23(13-16-29)7-5-6-14-28-17-19-30(20-18-28)26(31)22(3)4/h21-25H,5-20H2,1-4H3. The summed E-state index contributed by atoms with van der Waals surface area (Å²) in [5.74, 6) is 3.58. The highest BCUT2D eigenvalue weighted by molar-refractivity contribution is 5.79. The summed E-state index contributed by atoms with van der Waals surface area (Å²) in [7, 11) is 0. The molecule has 0 aromatic rings. The molecule has 2 saturated heterocycles. The zero-order chi connectivity index (χ0) is 23.1. The number of nitrogens with zero attached hydrogens (tertiary/aromatic N) is 3. The van der Waals surface area contributed by atoms with Gasteiger partial charge in [-0.05, 0) is 69.2 Å². The maximum Gasteiger partial charge on any atom is 0.225 e. The van der Waals surface area contributed by atoms with Crippen molar-refractivity contribution in [2.24, 2.45) is 29.6 Å². The number of hydrogen-bond donors (Lipinski definition) is 0. The van der Waals surface area contributed by atoms with Crippen molar-refractivity contribution in [3.8, 4) is 0 Å². The Kier molecular flexibility index (Phi) is 9.88. The number of unbranched alkanes of at least 4 members (excludes halogenated alkanes) is 1. The Hall–Kier alpha value is -1.10. The van der Waals surface area contributed by atoms with Gasteiger partial charge in [-0.2, -0.15) is 0 Å². The molecule has 5 nitrogen and oxygen atoms in total. The van der Waals surface area contributed by atoms with E-state index in [0.29, 0.717) is 17.7 Å². The van der Waals surface area contributed by atoms with E-state index in [1.54, 1.807) is 0 Å². The van der Waals surface area contributed by atoms with Crippen LogP contribution < -0.4 is 0 Å². The largest absolute Gasteiger partial charge is 0.342 e. The number of piperidine rings is 1. The highest BCUT2D eigenvalue weighted by Crippen LogP contribution is 2.35. The molecule has 184 valence electrons. The third-order valence-corrected chi connectivity index (χ3v) is 8.50. The molecule has 2 heterocycles. The Morgan fingerprint density at radius 1 is 0.750 bits per heavy atom. The maximum atomic E-state index is 13.0. The van der Waals surface area contributed by atoms with Crippen LogP contribution in [0.1, 0.15) is 85.5 Å². The van der Waals surface area contributed by atoms with Crippen molar-refractivity contribution >= 4 is 11.8 Å². The Bertz CT molecular complexity index is 582. The lowest BCUT2D eigenvalue weighted by Gasteiger charge is -2.37. The first-order valence-corrected chi connectivity index (χ1v) is 13.6. The van der Waals surface area contributed by atoms with Crippen LogP contribution in [-0.4, -0.2) is 72.3 Å². The SMILES string of the molecule is CC(C)C(=O)N1CCN(CCCCC2CCN(C(=O)C3CCC(C(C)C)CC3)CC2)CC1. The predicted molar refractivity (Wildman–Crippen MR) is 131 cm³/mol. The summed E-state index contributed by atoms with van der Waals surface area (Å²) >= 11 is 0. The Morgan fingerprint density at radius 3 is 1.94 bits per heavy atom. The van der Waals surface area contributed by atoms with Crippen molar-refractivity contribution in [3.63, 3.8) is 0 Å². The predicted octanol–water partition coefficient (Wildman–Crippen LogP) is 4.66. The fraction of sp³-hybridized carbons (Fsp3) is 0.926. The number of amides is 2. The number of piperazine rings is 1. The third-order valence-electron chi connectivity index (χ3n) is 8.50. The van der Waals surface area contributed by atoms with Crippen molar-refractivity contribution < 1.29 is 9.59 Å². The van der Waals surface area contributed by atoms with Crippen LogP contribution in [0, 0.1) is 29.6 Å². The molecule has 0 atom stereocenters. The van der Waals surface area contributed by atoms with Gasteiger partial charge in [-0.25, -0.2) is 0 Å². The van der Waals surface area contributed by atoms with Gasteiger partial charge in [0.15, 0.2) is 0 Å². The smallest absolute Gasteiger partial charge is 0.225 e. The van der Waals surface area contributed by atoms with E-state index < -0.39 is 0 Å². The molecular formula is C27H49N3O2. The van der Waals surface area contributed by atoms with Gasteiger partial charge in [0.05, 0.1) is 0 Å². The van der Waals surface area contributed by atoms with Gasteiger partial charge in [0.1, 0.15) is 0 Å². The van der Waals surface area contributed by atoms with E-state index in [4.69, 9.17) is 0 Å². The molecule has 0 radical (unpaired) electrons. The van der Waals surface area contributed by atoms with Crippen molar-refractivity contribution in [2.45, 2.75) is 85.5 Å². The van der Waals surface area contributed by atoms with E-state index in [0.717, 1.165) is 69.9 Å². The van der Waals surface area contributed by atoms with Crippen LogP contribution in [-0.2, 0) is 9.59 Å². The molecule has 1 saturated carbocycles. The lowest BCUT2D eigenvalue weighted by atomic mass is 9.76. The molecule has 0 aromatic carbocycles. The molecule has 5 heteroatoms. The van der Waals surface area contributed by atoms with Crippen molar-refractivity contribution in [3.05, 3.63) is 0 Å². The van der Waals surface area contributed by atoms with E-state index in [1.165, 1.54) is 51.5 Å². The summed E-state index contributed by atoms with van der Waals surface area (Å²) in [6.07, 6.45) is 11.0. The van der Waals surface area contributed by atoms with Crippen molar-refractivity contribution in [1.29, 1.82) is 0 Å². The number of rotatable bonds is 8. The van der Waals surface area contributed by atoms with E-state index >= 15 is 0 Å². The zero-order valence-electron chi connectivity index (χ0n) is 21.4. The van der Waals surface area contributed by atoms with Crippen LogP contribution >= 0.6 is 0 Å². The Labute approximate surface area is 197 Å². The second-order valence-electron chi connectivity index (χ2n) is 11.4. The second-order valence-corrected chi connectivity index (χ2v) is 11.4. The fourth-order valence-electron chi connectivity index (χ4n) is 6.06. The van der Waals surface area contributed by atoms with Gasteiger partial charge in [0, 0.05) is 51.1 Å². The second kappa shape index (κ2) is 12.4. The molecule has 0 spiro atoms. The first-order valence-electron chi connectivity index (χ1n) is 13.6. The average Bonchev–Trinajstić information content (AvgIpc) is 2.81. The maximum absolute atomic E-state index is 13.0. The number of likely N-dealkylation sites (tertiary alicyclic amines) is 1. The van der Waals surface area contributed by atoms with Crippen molar-refractivity contribution in [2.75, 3.05) is 45.8 Å². The van der Waals surface area contributed by atoms with Gasteiger partial charge in [-0.15, -0.1) is 0 Å². The minimum atomic E-state index is 0.114. The van der Waals surface area contributed by atoms with Crippen molar-refractivity contribution in [1.82, 2.24) is 14.7 Å². The summed E-state index contributed by atoms with van der Waals surface area (Å²) in [6, 6.07) is 0. The van der Waals surface area contributed by atoms with Crippen LogP contribution in [0.25, 0.3) is 0 Å². The monoisotopic (exact) mass is 447 g/mol. The summed E-state index contributed by atoms with van der Waals surface area (Å²) < 4.78 is 0. The third kappa shape index (κ3) is 7.20. The van der Waals surface area contributed by atoms with Crippen LogP contribution in [0.3, 0.4) is 0 Å². The molecule has 3 aliphatic rings. The lowest BCUT2D eigenvalue weighted by Crippen LogP contribution is -2.49. The Balaban J connectivity index is 1.25. The minimum absolute atomic E-state index is 0.114. The van der Waals surface area contributed by atoms with Gasteiger partial charge in [-0.3, -0.25) is 14.5 Å². The highest BCUT2D eigenvalue weighted by Gasteiger charge is 2.32. The molecule has 32 heavy (non-hydrogen) atoms. The van der Waals surface area contributed by atoms with Crippen LogP contribution in [0.15, 0.2) is 0 Å². The van der Waals surface area contributed by atoms with Crippen LogP contribution in [0.2, 0.25) is 0 Å². The molecular weight excluding hydrogens is 398 g/mol. The van der Waals surface area contributed by atoms with Crippen LogP contribution in [0.5, 0.6) is 0 Å². The number of carbonyl (C=O) groups excluding carboxylic acids is 2. The van der Waals surface area contributed by atoms with Gasteiger partial charge in [-0.1, -0.05) is 40.5 Å². The van der Waals surface area contributed by atoms with Gasteiger partial charge < -0.3 is 9.80 Å². The van der Waals surface area contributed by atoms with E-state index in [1.807, 2.05) is 18.7 Å². The van der Waals surface area contributed by atoms with E-state index in [9.17, 15) is 9.59 Å². The Morgan fingerprint density at radius 2 is 1.38 bits per heavy atom. The van der Waals surface area contributed by atoms with Gasteiger partial charge >= 0.3 is 0 Å². The fourth-order valence-corrected chi connectivity index (χ4v) is 6.06. The summed E-state index contributed by atoms with van der Waals surface area (Å²) in [5, 5.41) is 0.